The standard InChI is InChI=1S/C24H38O6S.2Na/c1-15(4-9-22(25)26)19-7-8-20-18-6-5-16-14-17(30-31(27,28)29)10-12-23(16,2)21(18)11-13-24(19,20)3;;/h5,15,17-21H,4,6-14H2,1-3H3,(H,25,26)(H,27,28,29);;/q;2*+1/p-2/t15-,17+,18+,19-,20+,21+,23+,24-;;/m1../s1/i10D2,14D2,17D;;. The first-order valence-electron chi connectivity index (χ1n) is 13.9. The van der Waals surface area contributed by atoms with Crippen molar-refractivity contribution in [2.45, 2.75) is 91.0 Å². The van der Waals surface area contributed by atoms with Gasteiger partial charge in [0, 0.05) is 11.5 Å². The minimum absolute atomic E-state index is 0. The molecule has 3 saturated carbocycles. The third-order valence-electron chi connectivity index (χ3n) is 9.08. The average Bonchev–Trinajstić information content (AvgIpc) is 3.06. The van der Waals surface area contributed by atoms with E-state index in [2.05, 4.69) is 18.0 Å². The van der Waals surface area contributed by atoms with Crippen LogP contribution in [0.3, 0.4) is 0 Å². The normalized spacial score (nSPS) is 48.2. The number of carboxylic acids is 1. The summed E-state index contributed by atoms with van der Waals surface area (Å²) in [6.45, 7) is 6.20. The van der Waals surface area contributed by atoms with Gasteiger partial charge in [-0.05, 0) is 105 Å². The molecule has 4 aliphatic carbocycles. The largest absolute Gasteiger partial charge is 1.00 e. The Kier molecular flexibility index (Phi) is 7.89. The molecule has 0 bridgehead atoms. The molecule has 0 spiro atoms. The van der Waals surface area contributed by atoms with Gasteiger partial charge in [0.05, 0.1) is 7.45 Å². The Bertz CT molecular complexity index is 1070. The van der Waals surface area contributed by atoms with Crippen molar-refractivity contribution in [2.75, 3.05) is 0 Å². The molecule has 4 aliphatic rings. The molecule has 0 aromatic rings. The summed E-state index contributed by atoms with van der Waals surface area (Å²) in [6.07, 6.45) is -2.74. The molecule has 0 radical (unpaired) electrons. The number of aliphatic carboxylic acids is 1. The van der Waals surface area contributed by atoms with Gasteiger partial charge in [0.25, 0.3) is 0 Å². The predicted octanol–water partition coefficient (Wildman–Crippen LogP) is -2.41. The number of fused-ring (bicyclic) bond motifs is 5. The second-order valence-corrected chi connectivity index (χ2v) is 11.5. The van der Waals surface area contributed by atoms with E-state index in [1.807, 2.05) is 6.92 Å². The zero-order chi connectivity index (χ0) is 27.1. The summed E-state index contributed by atoms with van der Waals surface area (Å²) < 4.78 is 81.5. The van der Waals surface area contributed by atoms with Gasteiger partial charge in [-0.25, -0.2) is 8.42 Å². The topological polar surface area (TPSA) is 107 Å². The molecule has 8 atom stereocenters. The van der Waals surface area contributed by atoms with Crippen molar-refractivity contribution in [1.82, 2.24) is 0 Å². The van der Waals surface area contributed by atoms with Gasteiger partial charge in [0.2, 0.25) is 10.4 Å². The molecule has 0 unspecified atom stereocenters. The smallest absolute Gasteiger partial charge is 0.726 e. The Morgan fingerprint density at radius 3 is 2.61 bits per heavy atom. The first kappa shape index (κ1) is 23.2. The van der Waals surface area contributed by atoms with Gasteiger partial charge < -0.3 is 14.5 Å². The maximum atomic E-state index is 11.4. The molecule has 9 heteroatoms. The van der Waals surface area contributed by atoms with Crippen LogP contribution in [0.25, 0.3) is 0 Å². The van der Waals surface area contributed by atoms with E-state index in [9.17, 15) is 22.9 Å². The molecule has 6 nitrogen and oxygen atoms in total. The molecule has 33 heavy (non-hydrogen) atoms. The van der Waals surface area contributed by atoms with E-state index >= 15 is 0 Å². The number of hydrogen-bond donors (Lipinski definition) is 0. The van der Waals surface area contributed by atoms with Crippen molar-refractivity contribution in [3.8, 4) is 0 Å². The summed E-state index contributed by atoms with van der Waals surface area (Å²) in [6, 6.07) is 0. The van der Waals surface area contributed by atoms with Crippen LogP contribution in [0.15, 0.2) is 11.6 Å². The van der Waals surface area contributed by atoms with E-state index in [0.717, 1.165) is 25.7 Å². The Morgan fingerprint density at radius 2 is 1.97 bits per heavy atom. The van der Waals surface area contributed by atoms with Gasteiger partial charge in [-0.3, -0.25) is 4.18 Å². The summed E-state index contributed by atoms with van der Waals surface area (Å²) in [7, 11) is -5.54. The molecule has 3 fully saturated rings. The Morgan fingerprint density at radius 1 is 1.27 bits per heavy atom. The number of hydrogen-bond acceptors (Lipinski definition) is 6. The fourth-order valence-electron chi connectivity index (χ4n) is 7.62. The van der Waals surface area contributed by atoms with Crippen molar-refractivity contribution in [1.29, 1.82) is 0 Å². The zero-order valence-corrected chi connectivity index (χ0v) is 25.3. The number of carbonyl (C=O) groups is 1. The van der Waals surface area contributed by atoms with Crippen molar-refractivity contribution < 1.29 is 93.0 Å². The fraction of sp³-hybridized carbons (Fsp3) is 0.875. The third kappa shape index (κ3) is 5.98. The molecular formula is C24H36Na2O6S. The summed E-state index contributed by atoms with van der Waals surface area (Å²) >= 11 is 0. The quantitative estimate of drug-likeness (QED) is 0.173. The summed E-state index contributed by atoms with van der Waals surface area (Å²) in [5, 5.41) is 11.0. The number of carbonyl (C=O) groups excluding carboxylic acids is 1. The third-order valence-corrected chi connectivity index (χ3v) is 9.45. The summed E-state index contributed by atoms with van der Waals surface area (Å²) in [5.74, 6) is -0.0204. The Hall–Kier alpha value is 1.08. The molecule has 0 aliphatic heterocycles. The minimum Gasteiger partial charge on any atom is -0.726 e. The zero-order valence-electron chi connectivity index (χ0n) is 25.5. The SMILES string of the molecule is [2H]C1([2H])C[C@@]2(C)C(=CC[C@H]3[C@@H]4CC[C@H]([C@H](C)CCC(=O)[O-])[C@@]4(C)CC[C@@H]32)C([2H])([2H])[C@@]1([2H])OS(=O)(=O)[O-].[Na+].[Na+]. The minimum atomic E-state index is -5.54. The van der Waals surface area contributed by atoms with Gasteiger partial charge in [-0.1, -0.05) is 32.4 Å². The molecule has 176 valence electrons. The first-order chi connectivity index (χ1) is 16.3. The van der Waals surface area contributed by atoms with E-state index in [1.165, 1.54) is 0 Å². The van der Waals surface area contributed by atoms with E-state index in [0.29, 0.717) is 24.7 Å². The van der Waals surface area contributed by atoms with Crippen LogP contribution in [0.2, 0.25) is 0 Å². The molecule has 0 saturated heterocycles. The molecule has 0 N–H and O–H groups in total. The van der Waals surface area contributed by atoms with Crippen LogP contribution in [0.5, 0.6) is 0 Å². The molecule has 0 aromatic heterocycles. The number of allylic oxidation sites excluding steroid dienone is 1. The van der Waals surface area contributed by atoms with E-state index in [4.69, 9.17) is 6.85 Å². The fourth-order valence-corrected chi connectivity index (χ4v) is 7.92. The van der Waals surface area contributed by atoms with Crippen molar-refractivity contribution in [2.24, 2.45) is 40.4 Å². The maximum absolute atomic E-state index is 11.4. The first-order valence-corrected chi connectivity index (χ1v) is 12.7. The molecule has 0 amide bonds. The molecular weight excluding hydrogens is 462 g/mol. The van der Waals surface area contributed by atoms with Crippen LogP contribution < -0.4 is 64.2 Å². The van der Waals surface area contributed by atoms with Crippen LogP contribution in [0, 0.1) is 40.4 Å². The van der Waals surface area contributed by atoms with E-state index in [1.54, 1.807) is 6.08 Å². The van der Waals surface area contributed by atoms with Crippen molar-refractivity contribution >= 4 is 16.4 Å². The monoisotopic (exact) mass is 503 g/mol. The van der Waals surface area contributed by atoms with Crippen molar-refractivity contribution in [3.63, 3.8) is 0 Å². The molecule has 4 rings (SSSR count). The second-order valence-electron chi connectivity index (χ2n) is 10.6. The van der Waals surface area contributed by atoms with Gasteiger partial charge in [0.1, 0.15) is 0 Å². The maximum Gasteiger partial charge on any atom is 1.00 e. The van der Waals surface area contributed by atoms with Gasteiger partial charge in [-0.15, -0.1) is 0 Å². The Balaban J connectivity index is 0.00000253. The summed E-state index contributed by atoms with van der Waals surface area (Å²) in [4.78, 5) is 11.0. The Labute approximate surface area is 250 Å². The van der Waals surface area contributed by atoms with Gasteiger partial charge in [0.15, 0.2) is 0 Å². The molecule has 0 aromatic carbocycles. The summed E-state index contributed by atoms with van der Waals surface area (Å²) in [5.41, 5.74) is -0.804. The van der Waals surface area contributed by atoms with E-state index < -0.39 is 40.6 Å². The number of carboxylic acid groups (broad SMARTS) is 1. The van der Waals surface area contributed by atoms with Crippen LogP contribution in [-0.2, 0) is 19.4 Å². The second kappa shape index (κ2) is 11.2. The molecule has 0 heterocycles. The van der Waals surface area contributed by atoms with Crippen LogP contribution in [0.4, 0.5) is 0 Å². The van der Waals surface area contributed by atoms with Crippen LogP contribution >= 0.6 is 0 Å². The van der Waals surface area contributed by atoms with Crippen LogP contribution in [0.1, 0.15) is 91.7 Å². The number of rotatable bonds is 6. The van der Waals surface area contributed by atoms with Crippen molar-refractivity contribution in [3.05, 3.63) is 11.6 Å². The van der Waals surface area contributed by atoms with E-state index in [-0.39, 0.29) is 101 Å². The van der Waals surface area contributed by atoms with Crippen LogP contribution in [-0.4, -0.2) is 25.0 Å². The van der Waals surface area contributed by atoms with Gasteiger partial charge in [-0.2, -0.15) is 0 Å². The van der Waals surface area contributed by atoms with Gasteiger partial charge >= 0.3 is 59.1 Å². The predicted molar refractivity (Wildman–Crippen MR) is 113 cm³/mol. The average molecular weight is 504 g/mol.